The van der Waals surface area contributed by atoms with Crippen LogP contribution in [0.2, 0.25) is 5.02 Å². The minimum absolute atomic E-state index is 0.125. The molecule has 0 spiro atoms. The summed E-state index contributed by atoms with van der Waals surface area (Å²) in [5, 5.41) is 15.0. The summed E-state index contributed by atoms with van der Waals surface area (Å²) in [6.45, 7) is 1.45. The van der Waals surface area contributed by atoms with Gasteiger partial charge in [0.05, 0.1) is 5.56 Å². The Morgan fingerprint density at radius 1 is 1.08 bits per heavy atom. The normalized spacial score (nSPS) is 11.4. The van der Waals surface area contributed by atoms with E-state index in [1.54, 1.807) is 36.4 Å². The van der Waals surface area contributed by atoms with Crippen molar-refractivity contribution in [1.82, 2.24) is 0 Å². The zero-order valence-electron chi connectivity index (χ0n) is 19.1. The van der Waals surface area contributed by atoms with Crippen LogP contribution in [0.1, 0.15) is 16.7 Å². The molecule has 0 aliphatic carbocycles. The van der Waals surface area contributed by atoms with Crippen LogP contribution in [0.15, 0.2) is 70.7 Å². The van der Waals surface area contributed by atoms with Crippen LogP contribution in [-0.4, -0.2) is 18.4 Å². The Morgan fingerprint density at radius 3 is 2.49 bits per heavy atom. The third-order valence-corrected chi connectivity index (χ3v) is 5.80. The van der Waals surface area contributed by atoms with Gasteiger partial charge in [0, 0.05) is 26.4 Å². The van der Waals surface area contributed by atoms with E-state index in [0.29, 0.717) is 15.2 Å². The monoisotopic (exact) mass is 591 g/mol. The highest BCUT2D eigenvalue weighted by Gasteiger charge is 2.30. The molecule has 2 N–H and O–H groups in total. The van der Waals surface area contributed by atoms with Gasteiger partial charge in [-0.05, 0) is 67.1 Å². The number of amides is 2. The zero-order chi connectivity index (χ0) is 27.2. The summed E-state index contributed by atoms with van der Waals surface area (Å²) in [7, 11) is 0. The first kappa shape index (κ1) is 27.8. The number of benzene rings is 3. The summed E-state index contributed by atoms with van der Waals surface area (Å²) < 4.78 is 45.1. The van der Waals surface area contributed by atoms with E-state index in [0.717, 1.165) is 23.8 Å². The molecule has 0 radical (unpaired) electrons. The number of nitriles is 1. The Hall–Kier alpha value is -3.81. The van der Waals surface area contributed by atoms with Gasteiger partial charge in [-0.1, -0.05) is 39.7 Å². The van der Waals surface area contributed by atoms with Gasteiger partial charge in [0.2, 0.25) is 0 Å². The maximum atomic E-state index is 13.0. The summed E-state index contributed by atoms with van der Waals surface area (Å²) in [6.07, 6.45) is -3.38. The molecule has 3 rings (SSSR count). The van der Waals surface area contributed by atoms with E-state index < -0.39 is 23.6 Å². The molecule has 190 valence electrons. The van der Waals surface area contributed by atoms with E-state index in [1.165, 1.54) is 18.2 Å². The summed E-state index contributed by atoms with van der Waals surface area (Å²) >= 11 is 9.37. The topological polar surface area (TPSA) is 91.2 Å². The van der Waals surface area contributed by atoms with Crippen molar-refractivity contribution in [1.29, 1.82) is 5.26 Å². The lowest BCUT2D eigenvalue weighted by Crippen LogP contribution is -2.20. The second-order valence-corrected chi connectivity index (χ2v) is 9.01. The van der Waals surface area contributed by atoms with Crippen LogP contribution in [-0.2, 0) is 15.8 Å². The molecule has 0 fully saturated rings. The molecule has 6 nitrogen and oxygen atoms in total. The van der Waals surface area contributed by atoms with Crippen molar-refractivity contribution in [3.05, 3.63) is 92.4 Å². The number of alkyl halides is 3. The Morgan fingerprint density at radius 2 is 1.81 bits per heavy atom. The van der Waals surface area contributed by atoms with Crippen LogP contribution in [0, 0.1) is 18.3 Å². The largest absolute Gasteiger partial charge is 0.483 e. The van der Waals surface area contributed by atoms with Crippen LogP contribution in [0.25, 0.3) is 6.08 Å². The molecule has 11 heteroatoms. The molecule has 0 atom stereocenters. The lowest BCUT2D eigenvalue weighted by Gasteiger charge is -2.12. The predicted molar refractivity (Wildman–Crippen MR) is 138 cm³/mol. The van der Waals surface area contributed by atoms with Crippen molar-refractivity contribution in [3.63, 3.8) is 0 Å². The fourth-order valence-electron chi connectivity index (χ4n) is 3.05. The van der Waals surface area contributed by atoms with E-state index in [-0.39, 0.29) is 29.2 Å². The molecule has 0 bridgehead atoms. The first-order valence-corrected chi connectivity index (χ1v) is 11.7. The number of anilines is 2. The Bertz CT molecular complexity index is 1420. The van der Waals surface area contributed by atoms with Crippen molar-refractivity contribution in [2.24, 2.45) is 0 Å². The first-order chi connectivity index (χ1) is 17.5. The molecular weight excluding hydrogens is 575 g/mol. The number of hydrogen-bond acceptors (Lipinski definition) is 4. The smallest absolute Gasteiger partial charge is 0.416 e. The van der Waals surface area contributed by atoms with Crippen molar-refractivity contribution in [2.75, 3.05) is 17.2 Å². The molecule has 0 aliphatic rings. The van der Waals surface area contributed by atoms with Crippen LogP contribution in [0.3, 0.4) is 0 Å². The first-order valence-electron chi connectivity index (χ1n) is 10.5. The van der Waals surface area contributed by atoms with Gasteiger partial charge in [0.15, 0.2) is 6.61 Å². The number of ether oxygens (including phenoxy) is 1. The van der Waals surface area contributed by atoms with Crippen molar-refractivity contribution in [2.45, 2.75) is 13.1 Å². The molecule has 0 aliphatic heterocycles. The molecular formula is C26H18BrClF3N3O3. The highest BCUT2D eigenvalue weighted by Crippen LogP contribution is 2.31. The number of carbonyl (C=O) groups excluding carboxylic acids is 2. The van der Waals surface area contributed by atoms with Gasteiger partial charge in [-0.25, -0.2) is 0 Å². The van der Waals surface area contributed by atoms with Crippen molar-refractivity contribution < 1.29 is 27.5 Å². The molecule has 3 aromatic carbocycles. The van der Waals surface area contributed by atoms with E-state index in [4.69, 9.17) is 16.3 Å². The maximum Gasteiger partial charge on any atom is 0.416 e. The minimum Gasteiger partial charge on any atom is -0.483 e. The van der Waals surface area contributed by atoms with E-state index in [2.05, 4.69) is 26.6 Å². The van der Waals surface area contributed by atoms with Gasteiger partial charge in [-0.3, -0.25) is 9.59 Å². The summed E-state index contributed by atoms with van der Waals surface area (Å²) in [5.41, 5.74) is 0.169. The maximum absolute atomic E-state index is 13.0. The second-order valence-electron chi connectivity index (χ2n) is 7.69. The van der Waals surface area contributed by atoms with E-state index in [9.17, 15) is 28.0 Å². The SMILES string of the molecule is Cc1ccc(NC(=O)COc2ccc(Br)cc2/C=C(\C#N)C(=O)Nc2cccc(C(F)(F)F)c2)cc1Cl. The summed E-state index contributed by atoms with van der Waals surface area (Å²) in [6, 6.07) is 15.6. The molecule has 0 unspecified atom stereocenters. The third kappa shape index (κ3) is 7.84. The van der Waals surface area contributed by atoms with E-state index in [1.807, 2.05) is 6.92 Å². The molecule has 0 saturated carbocycles. The van der Waals surface area contributed by atoms with Gasteiger partial charge in [0.1, 0.15) is 17.4 Å². The molecule has 0 saturated heterocycles. The van der Waals surface area contributed by atoms with Gasteiger partial charge in [0.25, 0.3) is 11.8 Å². The Labute approximate surface area is 223 Å². The Balaban J connectivity index is 1.76. The molecule has 2 amide bonds. The number of hydrogen-bond donors (Lipinski definition) is 2. The van der Waals surface area contributed by atoms with Crippen LogP contribution in [0.5, 0.6) is 5.75 Å². The van der Waals surface area contributed by atoms with Crippen molar-refractivity contribution >= 4 is 56.8 Å². The average molecular weight is 593 g/mol. The summed E-state index contributed by atoms with van der Waals surface area (Å²) in [5.74, 6) is -1.19. The van der Waals surface area contributed by atoms with E-state index >= 15 is 0 Å². The van der Waals surface area contributed by atoms with Gasteiger partial charge in [-0.2, -0.15) is 18.4 Å². The Kier molecular flexibility index (Phi) is 8.97. The standard InChI is InChI=1S/C26H18BrClF3N3O3/c1-15-5-7-21(12-22(15)28)33-24(35)14-37-23-8-6-19(27)10-16(23)9-17(13-32)25(36)34-20-4-2-3-18(11-20)26(29,30)31/h2-12H,14H2,1H3,(H,33,35)(H,34,36)/b17-9+. The fraction of sp³-hybridized carbons (Fsp3) is 0.115. The van der Waals surface area contributed by atoms with Crippen molar-refractivity contribution in [3.8, 4) is 11.8 Å². The number of rotatable bonds is 7. The lowest BCUT2D eigenvalue weighted by molar-refractivity contribution is -0.137. The van der Waals surface area contributed by atoms with Gasteiger partial charge in [-0.15, -0.1) is 0 Å². The minimum atomic E-state index is -4.59. The van der Waals surface area contributed by atoms with Gasteiger partial charge >= 0.3 is 6.18 Å². The number of carbonyl (C=O) groups is 2. The third-order valence-electron chi connectivity index (χ3n) is 4.90. The summed E-state index contributed by atoms with van der Waals surface area (Å²) in [4.78, 5) is 25.0. The quantitative estimate of drug-likeness (QED) is 0.228. The predicted octanol–water partition coefficient (Wildman–Crippen LogP) is 6.99. The highest BCUT2D eigenvalue weighted by molar-refractivity contribution is 9.10. The molecule has 0 aromatic heterocycles. The van der Waals surface area contributed by atoms with Crippen LogP contribution in [0.4, 0.5) is 24.5 Å². The fourth-order valence-corrected chi connectivity index (χ4v) is 3.61. The molecule has 3 aromatic rings. The number of aryl methyl sites for hydroxylation is 1. The lowest BCUT2D eigenvalue weighted by atomic mass is 10.1. The molecule has 0 heterocycles. The number of nitrogens with one attached hydrogen (secondary N) is 2. The highest BCUT2D eigenvalue weighted by atomic mass is 79.9. The second kappa shape index (κ2) is 12.0. The average Bonchev–Trinajstić information content (AvgIpc) is 2.83. The number of nitrogens with zero attached hydrogens (tertiary/aromatic N) is 1. The van der Waals surface area contributed by atoms with Crippen LogP contribution < -0.4 is 15.4 Å². The van der Waals surface area contributed by atoms with Gasteiger partial charge < -0.3 is 15.4 Å². The number of halogens is 5. The zero-order valence-corrected chi connectivity index (χ0v) is 21.5. The van der Waals surface area contributed by atoms with Crippen LogP contribution >= 0.6 is 27.5 Å². The molecule has 37 heavy (non-hydrogen) atoms.